The number of phenolic OH excluding ortho intramolecular Hbond substituents is 1. The molecule has 2 aromatic rings. The van der Waals surface area contributed by atoms with E-state index in [1.165, 1.54) is 6.20 Å². The molecule has 5 nitrogen and oxygen atoms in total. The second-order valence-corrected chi connectivity index (χ2v) is 3.66. The fourth-order valence-corrected chi connectivity index (χ4v) is 1.51. The highest BCUT2D eigenvalue weighted by atomic mass is 16.3. The molecule has 0 atom stereocenters. The molecule has 0 aliphatic carbocycles. The van der Waals surface area contributed by atoms with Gasteiger partial charge in [-0.3, -0.25) is 9.89 Å². The van der Waals surface area contributed by atoms with Crippen LogP contribution in [0.2, 0.25) is 0 Å². The van der Waals surface area contributed by atoms with Crippen LogP contribution in [-0.4, -0.2) is 21.2 Å². The van der Waals surface area contributed by atoms with E-state index in [1.807, 2.05) is 6.07 Å². The molecule has 0 saturated carbocycles. The van der Waals surface area contributed by atoms with Crippen molar-refractivity contribution in [2.75, 3.05) is 5.32 Å². The number of carbonyl (C=O) groups is 1. The zero-order valence-electron chi connectivity index (χ0n) is 9.18. The van der Waals surface area contributed by atoms with Gasteiger partial charge < -0.3 is 10.4 Å². The number of anilines is 1. The van der Waals surface area contributed by atoms with Crippen LogP contribution >= 0.6 is 0 Å². The van der Waals surface area contributed by atoms with E-state index >= 15 is 0 Å². The van der Waals surface area contributed by atoms with Gasteiger partial charge in [0.05, 0.1) is 11.9 Å². The molecule has 0 saturated heterocycles. The summed E-state index contributed by atoms with van der Waals surface area (Å²) >= 11 is 0. The largest absolute Gasteiger partial charge is 0.508 e. The number of benzene rings is 1. The Morgan fingerprint density at radius 3 is 2.94 bits per heavy atom. The topological polar surface area (TPSA) is 78.0 Å². The maximum atomic E-state index is 11.6. The number of hydrogen-bond acceptors (Lipinski definition) is 3. The first-order valence-corrected chi connectivity index (χ1v) is 5.31. The maximum absolute atomic E-state index is 11.6. The number of aryl methyl sites for hydroxylation is 1. The van der Waals surface area contributed by atoms with E-state index in [2.05, 4.69) is 15.5 Å². The van der Waals surface area contributed by atoms with E-state index in [-0.39, 0.29) is 11.7 Å². The Labute approximate surface area is 98.5 Å². The molecule has 0 aliphatic rings. The average molecular weight is 231 g/mol. The lowest BCUT2D eigenvalue weighted by Crippen LogP contribution is -2.11. The third-order valence-electron chi connectivity index (χ3n) is 2.39. The molecule has 0 bridgehead atoms. The second kappa shape index (κ2) is 5.16. The molecule has 1 heterocycles. The van der Waals surface area contributed by atoms with E-state index in [9.17, 15) is 9.90 Å². The fraction of sp³-hybridized carbons (Fsp3) is 0.167. The van der Waals surface area contributed by atoms with Gasteiger partial charge in [-0.2, -0.15) is 5.10 Å². The van der Waals surface area contributed by atoms with Crippen molar-refractivity contribution in [3.63, 3.8) is 0 Å². The highest BCUT2D eigenvalue weighted by molar-refractivity contribution is 5.90. The fourth-order valence-electron chi connectivity index (χ4n) is 1.51. The van der Waals surface area contributed by atoms with Crippen LogP contribution in [-0.2, 0) is 11.2 Å². The van der Waals surface area contributed by atoms with Crippen molar-refractivity contribution in [3.8, 4) is 5.75 Å². The highest BCUT2D eigenvalue weighted by Gasteiger charge is 2.05. The van der Waals surface area contributed by atoms with Gasteiger partial charge in [-0.15, -0.1) is 0 Å². The van der Waals surface area contributed by atoms with Crippen LogP contribution in [0.4, 0.5) is 5.69 Å². The Morgan fingerprint density at radius 2 is 2.24 bits per heavy atom. The molecule has 0 spiro atoms. The highest BCUT2D eigenvalue weighted by Crippen LogP contribution is 2.17. The van der Waals surface area contributed by atoms with Crippen molar-refractivity contribution in [2.24, 2.45) is 0 Å². The summed E-state index contributed by atoms with van der Waals surface area (Å²) in [7, 11) is 0. The Bertz CT molecular complexity index is 494. The summed E-state index contributed by atoms with van der Waals surface area (Å²) in [6, 6.07) is 7.01. The SMILES string of the molecule is O=C(CCc1ccccc1O)Nc1cn[nH]c1. The first-order valence-electron chi connectivity index (χ1n) is 5.31. The van der Waals surface area contributed by atoms with Crippen LogP contribution in [0.5, 0.6) is 5.75 Å². The normalized spacial score (nSPS) is 10.1. The Hall–Kier alpha value is -2.30. The van der Waals surface area contributed by atoms with Gasteiger partial charge in [0.15, 0.2) is 0 Å². The molecular formula is C12H13N3O2. The minimum Gasteiger partial charge on any atom is -0.508 e. The third kappa shape index (κ3) is 3.07. The second-order valence-electron chi connectivity index (χ2n) is 3.66. The average Bonchev–Trinajstić information content (AvgIpc) is 2.81. The smallest absolute Gasteiger partial charge is 0.224 e. The minimum absolute atomic E-state index is 0.102. The molecule has 17 heavy (non-hydrogen) atoms. The lowest BCUT2D eigenvalue weighted by molar-refractivity contribution is -0.116. The van der Waals surface area contributed by atoms with Gasteiger partial charge in [0.25, 0.3) is 0 Å². The molecule has 3 N–H and O–H groups in total. The maximum Gasteiger partial charge on any atom is 0.224 e. The Morgan fingerprint density at radius 1 is 1.41 bits per heavy atom. The van der Waals surface area contributed by atoms with Gasteiger partial charge in [0, 0.05) is 12.6 Å². The monoisotopic (exact) mass is 231 g/mol. The van der Waals surface area contributed by atoms with E-state index in [0.717, 1.165) is 5.56 Å². The summed E-state index contributed by atoms with van der Waals surface area (Å²) < 4.78 is 0. The number of para-hydroxylation sites is 1. The van der Waals surface area contributed by atoms with Crippen LogP contribution in [0.15, 0.2) is 36.7 Å². The van der Waals surface area contributed by atoms with Crippen molar-refractivity contribution < 1.29 is 9.90 Å². The summed E-state index contributed by atoms with van der Waals surface area (Å²) in [5.74, 6) is 0.123. The molecule has 1 amide bonds. The Kier molecular flexibility index (Phi) is 3.40. The predicted octanol–water partition coefficient (Wildman–Crippen LogP) is 1.69. The summed E-state index contributed by atoms with van der Waals surface area (Å²) in [5.41, 5.74) is 1.42. The standard InChI is InChI=1S/C12H13N3O2/c16-11-4-2-1-3-9(11)5-6-12(17)15-10-7-13-14-8-10/h1-4,7-8,16H,5-6H2,(H,13,14)(H,15,17). The van der Waals surface area contributed by atoms with Crippen LogP contribution < -0.4 is 5.32 Å². The molecule has 0 radical (unpaired) electrons. The van der Waals surface area contributed by atoms with Crippen molar-refractivity contribution >= 4 is 11.6 Å². The summed E-state index contributed by atoms with van der Waals surface area (Å²) in [6.45, 7) is 0. The van der Waals surface area contributed by atoms with E-state index in [1.54, 1.807) is 24.4 Å². The van der Waals surface area contributed by atoms with E-state index < -0.39 is 0 Å². The van der Waals surface area contributed by atoms with Gasteiger partial charge in [0.2, 0.25) is 5.91 Å². The zero-order valence-corrected chi connectivity index (χ0v) is 9.18. The number of nitrogens with zero attached hydrogens (tertiary/aromatic N) is 1. The minimum atomic E-state index is -0.102. The van der Waals surface area contributed by atoms with Gasteiger partial charge in [-0.05, 0) is 18.1 Å². The van der Waals surface area contributed by atoms with Crippen molar-refractivity contribution in [1.29, 1.82) is 0 Å². The quantitative estimate of drug-likeness (QED) is 0.749. The molecule has 88 valence electrons. The lowest BCUT2D eigenvalue weighted by Gasteiger charge is -2.04. The summed E-state index contributed by atoms with van der Waals surface area (Å²) in [6.07, 6.45) is 3.98. The number of rotatable bonds is 4. The molecule has 0 fully saturated rings. The predicted molar refractivity (Wildman–Crippen MR) is 63.6 cm³/mol. The van der Waals surface area contributed by atoms with Gasteiger partial charge in [-0.25, -0.2) is 0 Å². The first kappa shape index (κ1) is 11.2. The molecule has 2 rings (SSSR count). The van der Waals surface area contributed by atoms with Gasteiger partial charge in [0.1, 0.15) is 5.75 Å². The third-order valence-corrected chi connectivity index (χ3v) is 2.39. The van der Waals surface area contributed by atoms with E-state index in [0.29, 0.717) is 18.5 Å². The number of amides is 1. The van der Waals surface area contributed by atoms with Crippen molar-refractivity contribution in [1.82, 2.24) is 10.2 Å². The van der Waals surface area contributed by atoms with Crippen molar-refractivity contribution in [2.45, 2.75) is 12.8 Å². The van der Waals surface area contributed by atoms with E-state index in [4.69, 9.17) is 0 Å². The molecule has 0 aliphatic heterocycles. The van der Waals surface area contributed by atoms with Crippen LogP contribution in [0.25, 0.3) is 0 Å². The number of aromatic hydroxyl groups is 1. The Balaban J connectivity index is 1.86. The summed E-state index contributed by atoms with van der Waals surface area (Å²) in [4.78, 5) is 11.6. The molecule has 1 aromatic carbocycles. The van der Waals surface area contributed by atoms with Gasteiger partial charge in [-0.1, -0.05) is 18.2 Å². The number of aromatic amines is 1. The summed E-state index contributed by atoms with van der Waals surface area (Å²) in [5, 5.41) is 18.6. The number of phenols is 1. The first-order chi connectivity index (χ1) is 8.25. The number of aromatic nitrogens is 2. The van der Waals surface area contributed by atoms with Crippen LogP contribution in [0.3, 0.4) is 0 Å². The van der Waals surface area contributed by atoms with Crippen LogP contribution in [0.1, 0.15) is 12.0 Å². The molecular weight excluding hydrogens is 218 g/mol. The number of H-pyrrole nitrogens is 1. The number of nitrogens with one attached hydrogen (secondary N) is 2. The van der Waals surface area contributed by atoms with Crippen LogP contribution in [0, 0.1) is 0 Å². The number of hydrogen-bond donors (Lipinski definition) is 3. The zero-order chi connectivity index (χ0) is 12.1. The lowest BCUT2D eigenvalue weighted by atomic mass is 10.1. The number of carbonyl (C=O) groups excluding carboxylic acids is 1. The van der Waals surface area contributed by atoms with Gasteiger partial charge >= 0.3 is 0 Å². The molecule has 5 heteroatoms. The molecule has 0 unspecified atom stereocenters. The molecule has 1 aromatic heterocycles. The van der Waals surface area contributed by atoms with Crippen molar-refractivity contribution in [3.05, 3.63) is 42.2 Å².